The number of nitrogens with one attached hydrogen (secondary N) is 1. The van der Waals surface area contributed by atoms with E-state index in [0.717, 1.165) is 6.42 Å². The normalized spacial score (nSPS) is 31.1. The van der Waals surface area contributed by atoms with Gasteiger partial charge in [-0.3, -0.25) is 0 Å². The third kappa shape index (κ3) is 2.02. The van der Waals surface area contributed by atoms with E-state index in [4.69, 9.17) is 0 Å². The van der Waals surface area contributed by atoms with Gasteiger partial charge in [-0.15, -0.1) is 0 Å². The van der Waals surface area contributed by atoms with E-state index in [9.17, 15) is 8.78 Å². The van der Waals surface area contributed by atoms with Crippen molar-refractivity contribution in [2.75, 3.05) is 0 Å². The molecule has 17 heavy (non-hydrogen) atoms. The average Bonchev–Trinajstić information content (AvgIpc) is 2.91. The second-order valence-corrected chi connectivity index (χ2v) is 5.86. The number of benzene rings is 1. The molecule has 3 atom stereocenters. The molecule has 1 N–H and O–H groups in total. The van der Waals surface area contributed by atoms with Gasteiger partial charge < -0.3 is 5.32 Å². The smallest absolute Gasteiger partial charge is 0.137 e. The van der Waals surface area contributed by atoms with Crippen LogP contribution in [0.2, 0.25) is 0 Å². The van der Waals surface area contributed by atoms with Crippen LogP contribution in [0.5, 0.6) is 0 Å². The number of hydrogen-bond donors (Lipinski definition) is 1. The van der Waals surface area contributed by atoms with Crippen LogP contribution in [0.4, 0.5) is 8.78 Å². The minimum Gasteiger partial charge on any atom is -0.311 e. The van der Waals surface area contributed by atoms with Crippen molar-refractivity contribution in [3.8, 4) is 0 Å². The second kappa shape index (κ2) is 4.32. The fourth-order valence-corrected chi connectivity index (χ4v) is 3.66. The van der Waals surface area contributed by atoms with Crippen molar-refractivity contribution in [2.45, 2.75) is 37.8 Å². The number of fused-ring (bicyclic) bond motifs is 2. The van der Waals surface area contributed by atoms with Gasteiger partial charge in [-0.2, -0.15) is 0 Å². The summed E-state index contributed by atoms with van der Waals surface area (Å²) in [5.74, 6) is -0.236. The maximum absolute atomic E-state index is 13.7. The van der Waals surface area contributed by atoms with Gasteiger partial charge in [0.15, 0.2) is 0 Å². The molecule has 4 heteroatoms. The minimum atomic E-state index is -0.377. The summed E-state index contributed by atoms with van der Waals surface area (Å²) in [5.41, 5.74) is 0.490. The third-order valence-electron chi connectivity index (χ3n) is 4.04. The van der Waals surface area contributed by atoms with Crippen LogP contribution in [0.3, 0.4) is 0 Å². The van der Waals surface area contributed by atoms with Gasteiger partial charge in [-0.1, -0.05) is 0 Å². The van der Waals surface area contributed by atoms with Gasteiger partial charge in [0.25, 0.3) is 0 Å². The highest BCUT2D eigenvalue weighted by Gasteiger charge is 2.39. The first-order valence-electron chi connectivity index (χ1n) is 6.03. The summed E-state index contributed by atoms with van der Waals surface area (Å²) in [6.45, 7) is 0. The van der Waals surface area contributed by atoms with Gasteiger partial charge in [0.05, 0.1) is 4.47 Å². The Balaban J connectivity index is 1.83. The lowest BCUT2D eigenvalue weighted by Gasteiger charge is -2.21. The summed E-state index contributed by atoms with van der Waals surface area (Å²) in [7, 11) is 0. The summed E-state index contributed by atoms with van der Waals surface area (Å²) in [6, 6.07) is 3.48. The molecule has 1 aromatic rings. The molecule has 1 nitrogen and oxygen atoms in total. The number of halogens is 3. The topological polar surface area (TPSA) is 12.0 Å². The van der Waals surface area contributed by atoms with Gasteiger partial charge in [0.1, 0.15) is 11.6 Å². The molecule has 3 unspecified atom stereocenters. The maximum atomic E-state index is 13.7. The first kappa shape index (κ1) is 11.6. The molecule has 2 aliphatic heterocycles. The van der Waals surface area contributed by atoms with E-state index in [2.05, 4.69) is 21.2 Å². The van der Waals surface area contributed by atoms with Crippen molar-refractivity contribution in [3.05, 3.63) is 33.8 Å². The Morgan fingerprint density at radius 1 is 1.24 bits per heavy atom. The average molecular weight is 302 g/mol. The molecule has 2 aliphatic rings. The quantitative estimate of drug-likeness (QED) is 0.826. The molecule has 0 amide bonds. The number of rotatable bonds is 2. The van der Waals surface area contributed by atoms with Crippen LogP contribution in [0.15, 0.2) is 16.6 Å². The maximum Gasteiger partial charge on any atom is 0.137 e. The van der Waals surface area contributed by atoms with Gasteiger partial charge in [-0.25, -0.2) is 8.78 Å². The summed E-state index contributed by atoms with van der Waals surface area (Å²) in [6.07, 6.45) is 4.11. The molecule has 0 radical (unpaired) electrons. The zero-order chi connectivity index (χ0) is 12.0. The van der Waals surface area contributed by atoms with E-state index >= 15 is 0 Å². The predicted molar refractivity (Wildman–Crippen MR) is 65.8 cm³/mol. The zero-order valence-corrected chi connectivity index (χ0v) is 10.9. The SMILES string of the molecule is Fc1ccc(F)c(CC2CC3CCC2N3)c1Br. The summed E-state index contributed by atoms with van der Waals surface area (Å²) in [4.78, 5) is 0. The monoisotopic (exact) mass is 301 g/mol. The first-order valence-corrected chi connectivity index (χ1v) is 6.83. The second-order valence-electron chi connectivity index (χ2n) is 5.07. The predicted octanol–water partition coefficient (Wildman–Crippen LogP) is 3.41. The fourth-order valence-electron chi connectivity index (χ4n) is 3.18. The van der Waals surface area contributed by atoms with Crippen LogP contribution < -0.4 is 5.32 Å². The summed E-state index contributed by atoms with van der Waals surface area (Å²) >= 11 is 3.16. The molecular weight excluding hydrogens is 288 g/mol. The highest BCUT2D eigenvalue weighted by Crippen LogP contribution is 2.37. The van der Waals surface area contributed by atoms with Gasteiger partial charge in [0, 0.05) is 17.6 Å². The largest absolute Gasteiger partial charge is 0.311 e. The van der Waals surface area contributed by atoms with E-state index in [-0.39, 0.29) is 11.6 Å². The zero-order valence-electron chi connectivity index (χ0n) is 9.35. The van der Waals surface area contributed by atoms with Crippen molar-refractivity contribution >= 4 is 15.9 Å². The Bertz CT molecular complexity index is 449. The highest BCUT2D eigenvalue weighted by molar-refractivity contribution is 9.10. The summed E-state index contributed by atoms with van der Waals surface area (Å²) < 4.78 is 27.4. The van der Waals surface area contributed by atoms with Gasteiger partial charge in [0.2, 0.25) is 0 Å². The molecule has 2 saturated heterocycles. The lowest BCUT2D eigenvalue weighted by atomic mass is 9.84. The molecular formula is C13H14BrF2N. The Hall–Kier alpha value is -0.480. The van der Waals surface area contributed by atoms with E-state index in [1.165, 1.54) is 25.0 Å². The molecule has 0 saturated carbocycles. The van der Waals surface area contributed by atoms with E-state index in [0.29, 0.717) is 34.5 Å². The molecule has 2 heterocycles. The molecule has 0 aliphatic carbocycles. The molecule has 2 fully saturated rings. The first-order chi connectivity index (χ1) is 8.15. The fraction of sp³-hybridized carbons (Fsp3) is 0.538. The molecule has 0 spiro atoms. The molecule has 3 rings (SSSR count). The molecule has 0 aromatic heterocycles. The lowest BCUT2D eigenvalue weighted by molar-refractivity contribution is 0.397. The van der Waals surface area contributed by atoms with E-state index in [1.807, 2.05) is 0 Å². The highest BCUT2D eigenvalue weighted by atomic mass is 79.9. The minimum absolute atomic E-state index is 0.292. The van der Waals surface area contributed by atoms with Crippen LogP contribution in [0.1, 0.15) is 24.8 Å². The molecule has 2 bridgehead atoms. The van der Waals surface area contributed by atoms with Crippen LogP contribution >= 0.6 is 15.9 Å². The number of hydrogen-bond acceptors (Lipinski definition) is 1. The molecule has 92 valence electrons. The van der Waals surface area contributed by atoms with Crippen LogP contribution in [0.25, 0.3) is 0 Å². The van der Waals surface area contributed by atoms with Gasteiger partial charge in [-0.05, 0) is 59.7 Å². The van der Waals surface area contributed by atoms with E-state index in [1.54, 1.807) is 0 Å². The Labute approximate surface area is 108 Å². The van der Waals surface area contributed by atoms with Crippen LogP contribution in [-0.2, 0) is 6.42 Å². The lowest BCUT2D eigenvalue weighted by Crippen LogP contribution is -2.24. The van der Waals surface area contributed by atoms with Crippen molar-refractivity contribution in [2.24, 2.45) is 5.92 Å². The van der Waals surface area contributed by atoms with E-state index < -0.39 is 0 Å². The standard InChI is InChI=1S/C13H14BrF2N/c14-13-9(10(15)2-3-11(13)16)6-7-5-8-1-4-12(7)17-8/h2-3,7-8,12,17H,1,4-6H2. The van der Waals surface area contributed by atoms with Crippen molar-refractivity contribution in [1.29, 1.82) is 0 Å². The van der Waals surface area contributed by atoms with Crippen LogP contribution in [0, 0.1) is 17.6 Å². The Morgan fingerprint density at radius 3 is 2.65 bits per heavy atom. The van der Waals surface area contributed by atoms with Gasteiger partial charge >= 0.3 is 0 Å². The Morgan fingerprint density at radius 2 is 2.00 bits per heavy atom. The van der Waals surface area contributed by atoms with Crippen LogP contribution in [-0.4, -0.2) is 12.1 Å². The van der Waals surface area contributed by atoms with Crippen molar-refractivity contribution in [1.82, 2.24) is 5.32 Å². The Kier molecular flexibility index (Phi) is 2.95. The van der Waals surface area contributed by atoms with Crippen molar-refractivity contribution < 1.29 is 8.78 Å². The van der Waals surface area contributed by atoms with Crippen molar-refractivity contribution in [3.63, 3.8) is 0 Å². The molecule has 1 aromatic carbocycles. The summed E-state index contributed by atoms with van der Waals surface area (Å²) in [5, 5.41) is 3.52. The third-order valence-corrected chi connectivity index (χ3v) is 4.89.